The molecule has 0 aromatic carbocycles. The molecule has 3 rings (SSSR count). The van der Waals surface area contributed by atoms with Gasteiger partial charge in [0.1, 0.15) is 0 Å². The van der Waals surface area contributed by atoms with Gasteiger partial charge < -0.3 is 9.80 Å². The summed E-state index contributed by atoms with van der Waals surface area (Å²) in [6.07, 6.45) is 9.80. The third-order valence-corrected chi connectivity index (χ3v) is 5.86. The van der Waals surface area contributed by atoms with E-state index in [4.69, 9.17) is 0 Å². The predicted molar refractivity (Wildman–Crippen MR) is 99.8 cm³/mol. The molecule has 0 radical (unpaired) electrons. The van der Waals surface area contributed by atoms with Gasteiger partial charge in [-0.2, -0.15) is 0 Å². The van der Waals surface area contributed by atoms with Crippen LogP contribution in [0.25, 0.3) is 0 Å². The molecule has 0 N–H and O–H groups in total. The Labute approximate surface area is 154 Å². The van der Waals surface area contributed by atoms with Crippen LogP contribution in [0.4, 0.5) is 0 Å². The molecule has 2 fully saturated rings. The fraction of sp³-hybridized carbons (Fsp3) is 0.632. The number of amides is 2. The maximum atomic E-state index is 12.4. The summed E-state index contributed by atoms with van der Waals surface area (Å²) >= 11 is 1.46. The van der Waals surface area contributed by atoms with E-state index in [1.54, 1.807) is 6.20 Å². The molecular weight excluding hydrogens is 334 g/mol. The molecule has 2 aliphatic heterocycles. The van der Waals surface area contributed by atoms with Crippen LogP contribution in [-0.2, 0) is 4.79 Å². The average molecular weight is 362 g/mol. The van der Waals surface area contributed by atoms with Crippen LogP contribution in [0.2, 0.25) is 0 Å². The Bertz CT molecular complexity index is 577. The third-order valence-electron chi connectivity index (χ3n) is 4.93. The molecule has 0 unspecified atom stereocenters. The monoisotopic (exact) mass is 361 g/mol. The molecule has 0 aliphatic carbocycles. The number of aromatic nitrogens is 1. The molecule has 2 amide bonds. The number of carbonyl (C=O) groups is 2. The molecule has 1 aromatic heterocycles. The summed E-state index contributed by atoms with van der Waals surface area (Å²) in [6, 6.07) is 3.69. The summed E-state index contributed by atoms with van der Waals surface area (Å²) in [5, 5.41) is 0.804. The molecule has 2 saturated heterocycles. The van der Waals surface area contributed by atoms with Gasteiger partial charge in [0.2, 0.25) is 5.91 Å². The third kappa shape index (κ3) is 5.21. The van der Waals surface area contributed by atoms with E-state index in [0.29, 0.717) is 11.3 Å². The van der Waals surface area contributed by atoms with Crippen LogP contribution in [0.5, 0.6) is 0 Å². The van der Waals surface area contributed by atoms with E-state index in [-0.39, 0.29) is 11.8 Å². The van der Waals surface area contributed by atoms with Gasteiger partial charge in [0.25, 0.3) is 5.91 Å². The molecule has 136 valence electrons. The van der Waals surface area contributed by atoms with Crippen molar-refractivity contribution < 1.29 is 9.59 Å². The van der Waals surface area contributed by atoms with Crippen molar-refractivity contribution in [2.24, 2.45) is 0 Å². The summed E-state index contributed by atoms with van der Waals surface area (Å²) in [6.45, 7) is 3.46. The highest BCUT2D eigenvalue weighted by molar-refractivity contribution is 7.99. The summed E-state index contributed by atoms with van der Waals surface area (Å²) in [4.78, 5) is 33.0. The van der Waals surface area contributed by atoms with Gasteiger partial charge in [-0.3, -0.25) is 9.59 Å². The van der Waals surface area contributed by atoms with Crippen molar-refractivity contribution in [3.8, 4) is 0 Å². The molecule has 0 saturated carbocycles. The second-order valence-electron chi connectivity index (χ2n) is 6.82. The number of thioether (sulfide) groups is 1. The lowest BCUT2D eigenvalue weighted by atomic mass is 10.1. The molecule has 5 nitrogen and oxygen atoms in total. The fourth-order valence-electron chi connectivity index (χ4n) is 3.42. The van der Waals surface area contributed by atoms with Crippen molar-refractivity contribution in [1.29, 1.82) is 0 Å². The molecule has 3 heterocycles. The number of pyridine rings is 1. The quantitative estimate of drug-likeness (QED) is 0.773. The summed E-state index contributed by atoms with van der Waals surface area (Å²) in [5.74, 6) is 0.691. The number of likely N-dealkylation sites (tertiary alicyclic amines) is 2. The van der Waals surface area contributed by atoms with Crippen LogP contribution in [0.1, 0.15) is 55.3 Å². The summed E-state index contributed by atoms with van der Waals surface area (Å²) in [5.41, 5.74) is 0.640. The van der Waals surface area contributed by atoms with Gasteiger partial charge in [-0.25, -0.2) is 4.98 Å². The molecule has 0 atom stereocenters. The Hall–Kier alpha value is -1.56. The van der Waals surface area contributed by atoms with Gasteiger partial charge in [0.05, 0.1) is 16.3 Å². The van der Waals surface area contributed by atoms with E-state index in [2.05, 4.69) is 4.98 Å². The van der Waals surface area contributed by atoms with Crippen LogP contribution in [0.15, 0.2) is 23.4 Å². The summed E-state index contributed by atoms with van der Waals surface area (Å²) in [7, 11) is 0. The Morgan fingerprint density at radius 3 is 2.12 bits per heavy atom. The highest BCUT2D eigenvalue weighted by atomic mass is 32.2. The second-order valence-corrected chi connectivity index (χ2v) is 7.82. The minimum Gasteiger partial charge on any atom is -0.342 e. The largest absolute Gasteiger partial charge is 0.342 e. The first-order valence-electron chi connectivity index (χ1n) is 9.40. The lowest BCUT2D eigenvalue weighted by Crippen LogP contribution is -2.35. The van der Waals surface area contributed by atoms with Crippen molar-refractivity contribution >= 4 is 23.6 Å². The maximum Gasteiger partial charge on any atom is 0.255 e. The normalized spacial score (nSPS) is 18.7. The highest BCUT2D eigenvalue weighted by Crippen LogP contribution is 2.19. The number of hydrogen-bond donors (Lipinski definition) is 0. The zero-order valence-electron chi connectivity index (χ0n) is 14.8. The van der Waals surface area contributed by atoms with Gasteiger partial charge in [-0.05, 0) is 37.8 Å². The zero-order valence-corrected chi connectivity index (χ0v) is 15.6. The van der Waals surface area contributed by atoms with Gasteiger partial charge in [-0.1, -0.05) is 31.0 Å². The molecule has 2 aliphatic rings. The van der Waals surface area contributed by atoms with Gasteiger partial charge in [-0.15, -0.1) is 0 Å². The number of carbonyl (C=O) groups excluding carboxylic acids is 2. The summed E-state index contributed by atoms with van der Waals surface area (Å²) < 4.78 is 0. The first-order chi connectivity index (χ1) is 12.2. The highest BCUT2D eigenvalue weighted by Gasteiger charge is 2.20. The Balaban J connectivity index is 1.49. The lowest BCUT2D eigenvalue weighted by molar-refractivity contribution is -0.128. The van der Waals surface area contributed by atoms with Crippen LogP contribution in [0, 0.1) is 0 Å². The van der Waals surface area contributed by atoms with E-state index < -0.39 is 0 Å². The Morgan fingerprint density at radius 1 is 0.880 bits per heavy atom. The molecule has 25 heavy (non-hydrogen) atoms. The van der Waals surface area contributed by atoms with Crippen molar-refractivity contribution in [1.82, 2.24) is 14.8 Å². The van der Waals surface area contributed by atoms with Crippen LogP contribution >= 0.6 is 11.8 Å². The average Bonchev–Trinajstić information content (AvgIpc) is 3.14. The van der Waals surface area contributed by atoms with Gasteiger partial charge in [0, 0.05) is 32.4 Å². The number of nitrogens with zero attached hydrogens (tertiary/aromatic N) is 3. The lowest BCUT2D eigenvalue weighted by Gasteiger charge is -2.24. The van der Waals surface area contributed by atoms with Crippen LogP contribution in [-0.4, -0.2) is 58.5 Å². The SMILES string of the molecule is O=C(CSc1ccc(C(=O)N2CCCC2)cn1)N1CCCCCCC1. The van der Waals surface area contributed by atoms with Gasteiger partial charge in [0.15, 0.2) is 0 Å². The molecule has 0 spiro atoms. The van der Waals surface area contributed by atoms with Crippen molar-refractivity contribution in [2.45, 2.75) is 50.0 Å². The Morgan fingerprint density at radius 2 is 1.48 bits per heavy atom. The van der Waals surface area contributed by atoms with E-state index in [0.717, 1.165) is 56.9 Å². The molecule has 6 heteroatoms. The molecule has 0 bridgehead atoms. The fourth-order valence-corrected chi connectivity index (χ4v) is 4.16. The topological polar surface area (TPSA) is 53.5 Å². The van der Waals surface area contributed by atoms with Crippen molar-refractivity contribution in [3.63, 3.8) is 0 Å². The van der Waals surface area contributed by atoms with E-state index >= 15 is 0 Å². The van der Waals surface area contributed by atoms with Crippen LogP contribution in [0.3, 0.4) is 0 Å². The minimum atomic E-state index is 0.0678. The predicted octanol–water partition coefficient (Wildman–Crippen LogP) is 3.20. The second kappa shape index (κ2) is 9.22. The molecule has 1 aromatic rings. The van der Waals surface area contributed by atoms with Crippen molar-refractivity contribution in [3.05, 3.63) is 23.9 Å². The standard InChI is InChI=1S/C19H27N3O2S/c23-18(21-10-4-2-1-3-5-11-21)15-25-17-9-8-16(14-20-17)19(24)22-12-6-7-13-22/h8-9,14H,1-7,10-13,15H2. The van der Waals surface area contributed by atoms with E-state index in [1.807, 2.05) is 21.9 Å². The zero-order chi connectivity index (χ0) is 17.5. The first-order valence-corrected chi connectivity index (χ1v) is 10.4. The van der Waals surface area contributed by atoms with E-state index in [1.165, 1.54) is 31.0 Å². The first kappa shape index (κ1) is 18.2. The number of hydrogen-bond acceptors (Lipinski definition) is 4. The van der Waals surface area contributed by atoms with Crippen molar-refractivity contribution in [2.75, 3.05) is 31.9 Å². The molecular formula is C19H27N3O2S. The van der Waals surface area contributed by atoms with Crippen LogP contribution < -0.4 is 0 Å². The maximum absolute atomic E-state index is 12.4. The Kier molecular flexibility index (Phi) is 6.73. The van der Waals surface area contributed by atoms with E-state index in [9.17, 15) is 9.59 Å². The van der Waals surface area contributed by atoms with Gasteiger partial charge >= 0.3 is 0 Å². The minimum absolute atomic E-state index is 0.0678. The number of rotatable bonds is 4. The smallest absolute Gasteiger partial charge is 0.255 e.